The van der Waals surface area contributed by atoms with Crippen LogP contribution in [0.25, 0.3) is 21.9 Å². The van der Waals surface area contributed by atoms with E-state index in [0.717, 1.165) is 47.1 Å². The van der Waals surface area contributed by atoms with Crippen molar-refractivity contribution in [2.45, 2.75) is 71.3 Å². The summed E-state index contributed by atoms with van der Waals surface area (Å²) in [6.45, 7) is 2.62. The fraction of sp³-hybridized carbons (Fsp3) is 0.355. The Kier molecular flexibility index (Phi) is 8.46. The number of benzene rings is 2. The topological polar surface area (TPSA) is 158 Å². The second-order valence-electron chi connectivity index (χ2n) is 10.5. The number of anilines is 1. The van der Waals surface area contributed by atoms with Gasteiger partial charge in [-0.3, -0.25) is 14.4 Å². The van der Waals surface area contributed by atoms with Crippen LogP contribution in [0.1, 0.15) is 68.8 Å². The molecule has 0 atom stereocenters. The molecule has 1 fully saturated rings. The van der Waals surface area contributed by atoms with Gasteiger partial charge >= 0.3 is 5.97 Å². The number of aromatic nitrogens is 3. The molecule has 11 heteroatoms. The lowest BCUT2D eigenvalue weighted by molar-refractivity contribution is -0.197. The van der Waals surface area contributed by atoms with E-state index in [1.54, 1.807) is 6.07 Å². The van der Waals surface area contributed by atoms with Gasteiger partial charge in [-0.2, -0.15) is 0 Å². The van der Waals surface area contributed by atoms with Crippen LogP contribution in [0, 0.1) is 0 Å². The predicted octanol–water partition coefficient (Wildman–Crippen LogP) is 4.15. The first-order chi connectivity index (χ1) is 20.2. The Morgan fingerprint density at radius 2 is 1.76 bits per heavy atom. The van der Waals surface area contributed by atoms with E-state index >= 15 is 0 Å². The summed E-state index contributed by atoms with van der Waals surface area (Å²) in [4.78, 5) is 62.0. The zero-order valence-corrected chi connectivity index (χ0v) is 23.5. The molecule has 218 valence electrons. The second kappa shape index (κ2) is 12.4. The maximum absolute atomic E-state index is 12.5. The minimum absolute atomic E-state index is 0.00653. The van der Waals surface area contributed by atoms with Crippen LogP contribution >= 0.6 is 0 Å². The molecule has 1 saturated heterocycles. The number of imide groups is 1. The number of imidazole rings is 1. The third kappa shape index (κ3) is 6.09. The van der Waals surface area contributed by atoms with Crippen molar-refractivity contribution in [3.8, 4) is 5.75 Å². The molecule has 2 amide bonds. The fourth-order valence-electron chi connectivity index (χ4n) is 5.17. The average Bonchev–Trinajstić information content (AvgIpc) is 3.50. The smallest absolute Gasteiger partial charge is 0.333 e. The molecule has 1 aliphatic rings. The second-order valence-corrected chi connectivity index (χ2v) is 10.5. The number of amides is 2. The summed E-state index contributed by atoms with van der Waals surface area (Å²) in [7, 11) is 0. The van der Waals surface area contributed by atoms with Gasteiger partial charge in [0, 0.05) is 44.0 Å². The minimum Gasteiger partial charge on any atom is -0.508 e. The number of carbonyl (C=O) groups is 4. The molecule has 11 nitrogen and oxygen atoms in total. The number of ketones is 1. The molecule has 0 bridgehead atoms. The Labute approximate surface area is 242 Å². The highest BCUT2D eigenvalue weighted by Crippen LogP contribution is 2.31. The number of carbonyl (C=O) groups excluding carboxylic acids is 4. The number of Topliss-reactive ketones (excluding diaryl/α,β-unsaturated/α-hetero) is 1. The van der Waals surface area contributed by atoms with E-state index in [9.17, 15) is 24.3 Å². The summed E-state index contributed by atoms with van der Waals surface area (Å²) in [6, 6.07) is 13.2. The summed E-state index contributed by atoms with van der Waals surface area (Å²) in [5, 5.41) is 12.0. The van der Waals surface area contributed by atoms with Crippen molar-refractivity contribution in [2.75, 3.05) is 5.73 Å². The molecule has 2 aromatic heterocycles. The third-order valence-corrected chi connectivity index (χ3v) is 7.41. The Morgan fingerprint density at radius 1 is 1.00 bits per heavy atom. The highest BCUT2D eigenvalue weighted by molar-refractivity contribution is 6.06. The number of hydroxylamine groups is 2. The molecule has 0 spiro atoms. The number of nitrogen functional groups attached to an aromatic ring is 1. The molecular weight excluding hydrogens is 538 g/mol. The van der Waals surface area contributed by atoms with Crippen molar-refractivity contribution in [1.29, 1.82) is 0 Å². The highest BCUT2D eigenvalue weighted by atomic mass is 16.7. The number of hydrogen-bond acceptors (Lipinski definition) is 9. The molecule has 4 aromatic rings. The van der Waals surface area contributed by atoms with Crippen LogP contribution in [0.2, 0.25) is 0 Å². The molecule has 0 saturated carbocycles. The number of nitrogens with zero attached hydrogens (tertiary/aromatic N) is 4. The average molecular weight is 572 g/mol. The van der Waals surface area contributed by atoms with E-state index in [2.05, 4.69) is 16.5 Å². The first-order valence-corrected chi connectivity index (χ1v) is 14.2. The Balaban J connectivity index is 1.30. The zero-order chi connectivity index (χ0) is 29.8. The lowest BCUT2D eigenvalue weighted by atomic mass is 10.0. The van der Waals surface area contributed by atoms with Gasteiger partial charge in [-0.15, -0.1) is 5.06 Å². The standard InChI is InChI=1S/C31H33N5O6/c1-2-3-8-25-34-29-30(22-6-4-5-7-23(22)33-31(29)32)35(25)18-19-9-13-24(38)20(17-19)10-11-21(37)12-16-28(41)42-36-26(39)14-15-27(36)40/h4-7,9,13,17,38H,2-3,8,10-12,14-16,18H2,1H3,(H2,32,33). The number of pyridine rings is 1. The van der Waals surface area contributed by atoms with Gasteiger partial charge in [0.2, 0.25) is 0 Å². The van der Waals surface area contributed by atoms with Crippen LogP contribution in [0.5, 0.6) is 5.75 Å². The van der Waals surface area contributed by atoms with Gasteiger partial charge < -0.3 is 20.2 Å². The van der Waals surface area contributed by atoms with Crippen molar-refractivity contribution in [1.82, 2.24) is 19.6 Å². The molecule has 3 heterocycles. The first kappa shape index (κ1) is 28.7. The summed E-state index contributed by atoms with van der Waals surface area (Å²) in [5.41, 5.74) is 10.2. The van der Waals surface area contributed by atoms with E-state index in [0.29, 0.717) is 28.5 Å². The van der Waals surface area contributed by atoms with Gasteiger partial charge in [0.1, 0.15) is 22.9 Å². The number of phenols is 1. The van der Waals surface area contributed by atoms with Crippen LogP contribution in [-0.2, 0) is 43.4 Å². The van der Waals surface area contributed by atoms with Crippen LogP contribution in [0.4, 0.5) is 5.82 Å². The Bertz CT molecular complexity index is 1680. The van der Waals surface area contributed by atoms with Crippen LogP contribution in [0.3, 0.4) is 0 Å². The number of fused-ring (bicyclic) bond motifs is 3. The third-order valence-electron chi connectivity index (χ3n) is 7.41. The molecule has 42 heavy (non-hydrogen) atoms. The van der Waals surface area contributed by atoms with E-state index in [1.807, 2.05) is 36.4 Å². The van der Waals surface area contributed by atoms with E-state index in [1.165, 1.54) is 0 Å². The summed E-state index contributed by atoms with van der Waals surface area (Å²) in [5.74, 6) is -0.774. The normalized spacial score (nSPS) is 13.4. The molecule has 0 unspecified atom stereocenters. The van der Waals surface area contributed by atoms with Gasteiger partial charge in [-0.05, 0) is 36.1 Å². The number of hydrogen-bond donors (Lipinski definition) is 2. The van der Waals surface area contributed by atoms with Gasteiger partial charge in [0.05, 0.1) is 17.5 Å². The molecule has 1 aliphatic heterocycles. The summed E-state index contributed by atoms with van der Waals surface area (Å²) >= 11 is 0. The first-order valence-electron chi connectivity index (χ1n) is 14.2. The summed E-state index contributed by atoms with van der Waals surface area (Å²) < 4.78 is 2.16. The van der Waals surface area contributed by atoms with Crippen LogP contribution < -0.4 is 5.73 Å². The van der Waals surface area contributed by atoms with Crippen molar-refractivity contribution < 1.29 is 29.1 Å². The molecule has 2 aromatic carbocycles. The Hall–Kier alpha value is -4.80. The number of aromatic hydroxyl groups is 1. The maximum Gasteiger partial charge on any atom is 0.333 e. The van der Waals surface area contributed by atoms with Gasteiger partial charge in [-0.25, -0.2) is 14.8 Å². The predicted molar refractivity (Wildman–Crippen MR) is 155 cm³/mol. The van der Waals surface area contributed by atoms with Crippen LogP contribution in [0.15, 0.2) is 42.5 Å². The van der Waals surface area contributed by atoms with E-state index in [4.69, 9.17) is 15.6 Å². The quantitative estimate of drug-likeness (QED) is 0.238. The molecule has 0 radical (unpaired) electrons. The lowest BCUT2D eigenvalue weighted by Gasteiger charge is -2.13. The highest BCUT2D eigenvalue weighted by Gasteiger charge is 2.32. The number of rotatable bonds is 12. The summed E-state index contributed by atoms with van der Waals surface area (Å²) in [6.07, 6.45) is 2.82. The molecule has 5 rings (SSSR count). The number of aryl methyl sites for hydroxylation is 2. The maximum atomic E-state index is 12.5. The van der Waals surface area contributed by atoms with Crippen molar-refractivity contribution >= 4 is 51.3 Å². The lowest BCUT2D eigenvalue weighted by Crippen LogP contribution is -2.32. The minimum atomic E-state index is -0.813. The van der Waals surface area contributed by atoms with Gasteiger partial charge in [0.15, 0.2) is 5.82 Å². The zero-order valence-electron chi connectivity index (χ0n) is 23.5. The Morgan fingerprint density at radius 3 is 2.52 bits per heavy atom. The monoisotopic (exact) mass is 571 g/mol. The van der Waals surface area contributed by atoms with Crippen molar-refractivity contribution in [3.05, 3.63) is 59.4 Å². The van der Waals surface area contributed by atoms with E-state index in [-0.39, 0.29) is 50.1 Å². The van der Waals surface area contributed by atoms with Crippen LogP contribution in [-0.4, -0.2) is 48.3 Å². The van der Waals surface area contributed by atoms with E-state index < -0.39 is 17.8 Å². The number of para-hydroxylation sites is 1. The SMILES string of the molecule is CCCCc1nc2c(N)nc3ccccc3c2n1Cc1ccc(O)c(CCC(=O)CCC(=O)ON2C(=O)CCC2=O)c1. The molecule has 3 N–H and O–H groups in total. The number of phenolic OH excluding ortho intramolecular Hbond substituents is 1. The molecular formula is C31H33N5O6. The van der Waals surface area contributed by atoms with Crippen molar-refractivity contribution in [3.63, 3.8) is 0 Å². The fourth-order valence-corrected chi connectivity index (χ4v) is 5.17. The number of unbranched alkanes of at least 4 members (excludes halogenated alkanes) is 1. The molecule has 0 aliphatic carbocycles. The van der Waals surface area contributed by atoms with Crippen molar-refractivity contribution in [2.24, 2.45) is 0 Å². The largest absolute Gasteiger partial charge is 0.508 e. The number of nitrogens with two attached hydrogens (primary N) is 1. The van der Waals surface area contributed by atoms with Gasteiger partial charge in [0.25, 0.3) is 11.8 Å². The van der Waals surface area contributed by atoms with Gasteiger partial charge in [-0.1, -0.05) is 43.7 Å².